The van der Waals surface area contributed by atoms with Crippen LogP contribution in [-0.2, 0) is 22.4 Å². The number of carbonyl (C=O) groups excluding carboxylic acids is 1. The molecule has 0 amide bonds. The second-order valence-corrected chi connectivity index (χ2v) is 10.5. The highest BCUT2D eigenvalue weighted by Gasteiger charge is 2.48. The third-order valence-corrected chi connectivity index (χ3v) is 7.90. The van der Waals surface area contributed by atoms with Crippen molar-refractivity contribution in [2.45, 2.75) is 70.8 Å². The van der Waals surface area contributed by atoms with E-state index in [-0.39, 0.29) is 23.7 Å². The fourth-order valence-electron chi connectivity index (χ4n) is 6.03. The van der Waals surface area contributed by atoms with Crippen LogP contribution in [0.15, 0.2) is 35.6 Å². The van der Waals surface area contributed by atoms with Crippen LogP contribution in [0.25, 0.3) is 5.78 Å². The van der Waals surface area contributed by atoms with Crippen molar-refractivity contribution in [1.29, 1.82) is 0 Å². The van der Waals surface area contributed by atoms with Crippen molar-refractivity contribution < 1.29 is 24.1 Å². The summed E-state index contributed by atoms with van der Waals surface area (Å²) in [5.74, 6) is 2.27. The number of rotatable bonds is 6. The molecule has 1 N–H and O–H groups in total. The molecule has 2 aliphatic heterocycles. The highest BCUT2D eigenvalue weighted by atomic mass is 16.6. The SMILES string of the molecule is Cc1cc(C)n2nc(CC3=C(O)CC(CCc4ccc5c(c4)OCCO5)(C4CCCC4)OC3=O)nc2n1. The Labute approximate surface area is 215 Å². The molecule has 1 saturated carbocycles. The lowest BCUT2D eigenvalue weighted by Gasteiger charge is -2.41. The Balaban J connectivity index is 1.25. The van der Waals surface area contributed by atoms with E-state index in [2.05, 4.69) is 15.1 Å². The van der Waals surface area contributed by atoms with Crippen molar-refractivity contribution >= 4 is 11.7 Å². The average molecular weight is 505 g/mol. The molecule has 6 rings (SSSR count). The van der Waals surface area contributed by atoms with E-state index in [1.165, 1.54) is 0 Å². The summed E-state index contributed by atoms with van der Waals surface area (Å²) >= 11 is 0. The number of hydrogen-bond donors (Lipinski definition) is 1. The van der Waals surface area contributed by atoms with Crippen molar-refractivity contribution in [2.75, 3.05) is 13.2 Å². The van der Waals surface area contributed by atoms with Crippen LogP contribution in [0.1, 0.15) is 61.3 Å². The molecule has 9 heteroatoms. The number of benzene rings is 1. The Morgan fingerprint density at radius 3 is 2.65 bits per heavy atom. The van der Waals surface area contributed by atoms with Crippen LogP contribution in [0.3, 0.4) is 0 Å². The summed E-state index contributed by atoms with van der Waals surface area (Å²) < 4.78 is 19.3. The van der Waals surface area contributed by atoms with Gasteiger partial charge in [0, 0.05) is 24.2 Å². The molecule has 4 heterocycles. The normalized spacial score (nSPS) is 22.1. The van der Waals surface area contributed by atoms with Gasteiger partial charge in [0.15, 0.2) is 17.3 Å². The third kappa shape index (κ3) is 4.51. The van der Waals surface area contributed by atoms with Gasteiger partial charge in [0.2, 0.25) is 0 Å². The molecule has 0 bridgehead atoms. The summed E-state index contributed by atoms with van der Waals surface area (Å²) in [6.07, 6.45) is 5.98. The van der Waals surface area contributed by atoms with E-state index in [9.17, 15) is 9.90 Å². The number of cyclic esters (lactones) is 1. The van der Waals surface area contributed by atoms with Crippen LogP contribution in [0.2, 0.25) is 0 Å². The molecule has 1 unspecified atom stereocenters. The van der Waals surface area contributed by atoms with Crippen LogP contribution in [0.4, 0.5) is 0 Å². The molecule has 3 aromatic rings. The minimum Gasteiger partial charge on any atom is -0.512 e. The Morgan fingerprint density at radius 1 is 1.08 bits per heavy atom. The molecule has 1 aromatic carbocycles. The maximum absolute atomic E-state index is 13.4. The number of aryl methyl sites for hydroxylation is 3. The molecule has 3 aliphatic rings. The molecular weight excluding hydrogens is 472 g/mol. The van der Waals surface area contributed by atoms with E-state index < -0.39 is 11.6 Å². The zero-order valence-electron chi connectivity index (χ0n) is 21.3. The number of hydrogen-bond acceptors (Lipinski definition) is 8. The molecule has 0 saturated heterocycles. The van der Waals surface area contributed by atoms with E-state index in [0.717, 1.165) is 54.1 Å². The van der Waals surface area contributed by atoms with Crippen LogP contribution in [-0.4, -0.2) is 49.5 Å². The Kier molecular flexibility index (Phi) is 6.01. The summed E-state index contributed by atoms with van der Waals surface area (Å²) in [5, 5.41) is 15.7. The van der Waals surface area contributed by atoms with Gasteiger partial charge in [-0.1, -0.05) is 18.9 Å². The monoisotopic (exact) mass is 504 g/mol. The van der Waals surface area contributed by atoms with Crippen LogP contribution in [0, 0.1) is 19.8 Å². The fourth-order valence-corrected chi connectivity index (χ4v) is 6.03. The molecule has 2 aromatic heterocycles. The number of carbonyl (C=O) groups is 1. The van der Waals surface area contributed by atoms with Crippen molar-refractivity contribution in [1.82, 2.24) is 19.6 Å². The van der Waals surface area contributed by atoms with Gasteiger partial charge >= 0.3 is 5.97 Å². The predicted molar refractivity (Wildman–Crippen MR) is 135 cm³/mol. The van der Waals surface area contributed by atoms with Crippen LogP contribution >= 0.6 is 0 Å². The summed E-state index contributed by atoms with van der Waals surface area (Å²) in [6, 6.07) is 7.91. The third-order valence-electron chi connectivity index (χ3n) is 7.90. The van der Waals surface area contributed by atoms with Crippen molar-refractivity contribution in [3.8, 4) is 11.5 Å². The topological polar surface area (TPSA) is 108 Å². The van der Waals surface area contributed by atoms with E-state index in [0.29, 0.717) is 44.1 Å². The molecule has 1 fully saturated rings. The number of aromatic nitrogens is 4. The van der Waals surface area contributed by atoms with Gasteiger partial charge in [-0.25, -0.2) is 14.3 Å². The lowest BCUT2D eigenvalue weighted by atomic mass is 9.76. The number of aliphatic hydroxyl groups excluding tert-OH is 1. The molecule has 37 heavy (non-hydrogen) atoms. The largest absolute Gasteiger partial charge is 0.512 e. The van der Waals surface area contributed by atoms with Gasteiger partial charge in [-0.05, 0) is 69.2 Å². The summed E-state index contributed by atoms with van der Waals surface area (Å²) in [7, 11) is 0. The Bertz CT molecular complexity index is 1390. The standard InChI is InChI=1S/C28H32N4O5/c1-17-13-18(2)32-27(29-17)30-25(31-32)15-21-22(33)16-28(37-26(21)34,20-5-3-4-6-20)10-9-19-7-8-23-24(14-19)36-12-11-35-23/h7-8,13-14,20,33H,3-6,9-12,15-16H2,1-2H3. The molecular formula is C28H32N4O5. The van der Waals surface area contributed by atoms with Crippen molar-refractivity contribution in [3.05, 3.63) is 58.4 Å². The molecule has 194 valence electrons. The number of aliphatic hydroxyl groups is 1. The lowest BCUT2D eigenvalue weighted by molar-refractivity contribution is -0.167. The van der Waals surface area contributed by atoms with E-state index in [1.807, 2.05) is 38.1 Å². The summed E-state index contributed by atoms with van der Waals surface area (Å²) in [4.78, 5) is 22.3. The first-order valence-electron chi connectivity index (χ1n) is 13.1. The Hall–Kier alpha value is -3.62. The van der Waals surface area contributed by atoms with E-state index in [1.54, 1.807) is 4.52 Å². The molecule has 9 nitrogen and oxygen atoms in total. The van der Waals surface area contributed by atoms with Gasteiger partial charge in [0.1, 0.15) is 24.6 Å². The molecule has 0 spiro atoms. The summed E-state index contributed by atoms with van der Waals surface area (Å²) in [5.41, 5.74) is 2.36. The van der Waals surface area contributed by atoms with E-state index in [4.69, 9.17) is 14.2 Å². The molecule has 1 aliphatic carbocycles. The van der Waals surface area contributed by atoms with Crippen LogP contribution in [0.5, 0.6) is 11.5 Å². The second-order valence-electron chi connectivity index (χ2n) is 10.5. The van der Waals surface area contributed by atoms with Gasteiger partial charge in [-0.15, -0.1) is 5.10 Å². The number of ether oxygens (including phenoxy) is 3. The lowest BCUT2D eigenvalue weighted by Crippen LogP contribution is -2.46. The quantitative estimate of drug-likeness (QED) is 0.493. The zero-order chi connectivity index (χ0) is 25.6. The number of fused-ring (bicyclic) bond motifs is 2. The fraction of sp³-hybridized carbons (Fsp3) is 0.500. The maximum Gasteiger partial charge on any atom is 0.338 e. The second kappa shape index (κ2) is 9.36. The molecule has 0 radical (unpaired) electrons. The predicted octanol–water partition coefficient (Wildman–Crippen LogP) is 4.38. The zero-order valence-corrected chi connectivity index (χ0v) is 21.3. The van der Waals surface area contributed by atoms with Gasteiger partial charge in [0.25, 0.3) is 5.78 Å². The Morgan fingerprint density at radius 2 is 1.86 bits per heavy atom. The van der Waals surface area contributed by atoms with E-state index >= 15 is 0 Å². The number of nitrogens with zero attached hydrogens (tertiary/aromatic N) is 4. The van der Waals surface area contributed by atoms with Gasteiger partial charge in [0.05, 0.1) is 5.57 Å². The van der Waals surface area contributed by atoms with Crippen molar-refractivity contribution in [2.24, 2.45) is 5.92 Å². The summed E-state index contributed by atoms with van der Waals surface area (Å²) in [6.45, 7) is 4.93. The molecule has 1 atom stereocenters. The highest BCUT2D eigenvalue weighted by molar-refractivity contribution is 5.90. The minimum atomic E-state index is -0.726. The van der Waals surface area contributed by atoms with Crippen molar-refractivity contribution in [3.63, 3.8) is 0 Å². The minimum absolute atomic E-state index is 0.0880. The van der Waals surface area contributed by atoms with Crippen LogP contribution < -0.4 is 9.47 Å². The van der Waals surface area contributed by atoms with Gasteiger partial charge in [-0.2, -0.15) is 4.98 Å². The average Bonchev–Trinajstić information content (AvgIpc) is 3.56. The highest BCUT2D eigenvalue weighted by Crippen LogP contribution is 2.46. The first-order valence-corrected chi connectivity index (χ1v) is 13.1. The smallest absolute Gasteiger partial charge is 0.338 e. The van der Waals surface area contributed by atoms with Gasteiger partial charge in [-0.3, -0.25) is 0 Å². The first-order chi connectivity index (χ1) is 17.9. The number of esters is 1. The maximum atomic E-state index is 13.4. The van der Waals surface area contributed by atoms with Gasteiger partial charge < -0.3 is 19.3 Å². The first kappa shape index (κ1) is 23.8.